The van der Waals surface area contributed by atoms with E-state index in [-0.39, 0.29) is 66.2 Å². The third kappa shape index (κ3) is 13.8. The summed E-state index contributed by atoms with van der Waals surface area (Å²) in [6.45, 7) is 7.05. The fraction of sp³-hybridized carbons (Fsp3) is 0.305. The van der Waals surface area contributed by atoms with E-state index in [1.165, 1.54) is 12.1 Å². The Hall–Kier alpha value is -7.78. The number of nitrogens with one attached hydrogen (secondary N) is 5. The lowest BCUT2D eigenvalue weighted by molar-refractivity contribution is -0.126. The number of carbonyl (C=O) groups is 3. The molecule has 0 aliphatic carbocycles. The Labute approximate surface area is 455 Å². The molecule has 1 fully saturated rings. The first-order valence-corrected chi connectivity index (χ1v) is 27.0. The molecule has 0 unspecified atom stereocenters. The smallest absolute Gasteiger partial charge is 0.261 e. The predicted octanol–water partition coefficient (Wildman–Crippen LogP) is 7.81. The first-order valence-electron chi connectivity index (χ1n) is 26.1. The predicted molar refractivity (Wildman–Crippen MR) is 306 cm³/mol. The summed E-state index contributed by atoms with van der Waals surface area (Å²) < 4.78 is 31.5. The van der Waals surface area contributed by atoms with Gasteiger partial charge in [-0.05, 0) is 82.7 Å². The minimum absolute atomic E-state index is 0.0374. The normalized spacial score (nSPS) is 13.3. The number of amides is 3. The van der Waals surface area contributed by atoms with E-state index < -0.39 is 17.4 Å². The Morgan fingerprint density at radius 3 is 2.22 bits per heavy atom. The van der Waals surface area contributed by atoms with Gasteiger partial charge in [0.05, 0.1) is 84.3 Å². The fourth-order valence-electron chi connectivity index (χ4n) is 9.67. The lowest BCUT2D eigenvalue weighted by Gasteiger charge is -2.36. The first kappa shape index (κ1) is 55.0. The van der Waals surface area contributed by atoms with E-state index in [1.54, 1.807) is 24.5 Å². The number of pyridine rings is 1. The molecule has 406 valence electrons. The molecular weight excluding hydrogens is 1010 g/mol. The van der Waals surface area contributed by atoms with Crippen molar-refractivity contribution in [1.29, 1.82) is 0 Å². The number of halogens is 1. The molecule has 78 heavy (non-hydrogen) atoms. The molecule has 1 aliphatic heterocycles. The third-order valence-electron chi connectivity index (χ3n) is 13.7. The molecule has 0 saturated carbocycles. The second kappa shape index (κ2) is 26.5. The number of nitrogen functional groups attached to an aromatic ring is 1. The van der Waals surface area contributed by atoms with Crippen LogP contribution in [0, 0.1) is 5.82 Å². The molecular formula is C59H65FN10O7S. The largest absolute Gasteiger partial charge is 0.397 e. The number of piperazine rings is 1. The minimum atomic E-state index is -0.519. The standard InChI is InChI=1S/C59H65FN10O7S/c1-62-59(74)55(41-8-4-3-5-9-41)68(2)38-39-14-16-40(17-15-39)42-10-6-11-43(36-42)56-48(22-35-78-56)64-51(72)21-30-76-32-34-77-33-31-75-29-20-50(71)63-23-24-69-25-27-70(28-26-69)44-18-19-46-49(37-44)66-57(65-46)53-54(61)52-45(60)12-7-13-47(52)67-58(53)73/h3-19,22,35-37,55H,20-21,23-34,38H2,1-2H3,(H,62,74)(H,63,71)(H,64,72)(H,65,66)(H3,61,67,73)/t55-/m0/s1. The van der Waals surface area contributed by atoms with Crippen LogP contribution in [-0.4, -0.2) is 135 Å². The van der Waals surface area contributed by atoms with Gasteiger partial charge in [-0.15, -0.1) is 11.3 Å². The number of likely N-dealkylation sites (N-methyl/N-ethyl adjacent to an activating group) is 2. The van der Waals surface area contributed by atoms with E-state index in [2.05, 4.69) is 77.1 Å². The van der Waals surface area contributed by atoms with Crippen molar-refractivity contribution in [3.63, 3.8) is 0 Å². The van der Waals surface area contributed by atoms with E-state index in [1.807, 2.05) is 84.1 Å². The highest BCUT2D eigenvalue weighted by molar-refractivity contribution is 7.14. The van der Waals surface area contributed by atoms with Crippen LogP contribution in [0.25, 0.3) is 54.9 Å². The Morgan fingerprint density at radius 2 is 1.47 bits per heavy atom. The maximum Gasteiger partial charge on any atom is 0.261 e. The number of imidazole rings is 1. The number of thiophene rings is 1. The van der Waals surface area contributed by atoms with Gasteiger partial charge in [-0.3, -0.25) is 29.0 Å². The van der Waals surface area contributed by atoms with Gasteiger partial charge in [-0.2, -0.15) is 0 Å². The molecule has 17 nitrogen and oxygen atoms in total. The highest BCUT2D eigenvalue weighted by Crippen LogP contribution is 2.36. The van der Waals surface area contributed by atoms with Crippen LogP contribution in [0.5, 0.6) is 0 Å². The second-order valence-corrected chi connectivity index (χ2v) is 20.0. The van der Waals surface area contributed by atoms with Crippen molar-refractivity contribution in [2.24, 2.45) is 0 Å². The van der Waals surface area contributed by atoms with Gasteiger partial charge >= 0.3 is 0 Å². The SMILES string of the molecule is CNC(=O)[C@H](c1ccccc1)N(C)Cc1ccc(-c2cccc(-c3sccc3NC(=O)CCOCCOCCOCCC(=O)NCCN3CCN(c4ccc5nc(-c6c(N)c7c(F)cccc7[nH]c6=O)[nH]c5c4)CC3)c2)cc1. The van der Waals surface area contributed by atoms with E-state index in [0.717, 1.165) is 82.3 Å². The number of aromatic amines is 2. The number of hydrogen-bond donors (Lipinski definition) is 6. The van der Waals surface area contributed by atoms with Gasteiger partial charge in [0.25, 0.3) is 5.56 Å². The number of fused-ring (bicyclic) bond motifs is 2. The summed E-state index contributed by atoms with van der Waals surface area (Å²) >= 11 is 1.57. The number of rotatable bonds is 25. The summed E-state index contributed by atoms with van der Waals surface area (Å²) in [6, 6.07) is 38.3. The molecule has 4 heterocycles. The number of H-pyrrole nitrogens is 2. The van der Waals surface area contributed by atoms with Gasteiger partial charge in [0.15, 0.2) is 0 Å². The summed E-state index contributed by atoms with van der Waals surface area (Å²) in [5.41, 5.74) is 14.7. The molecule has 9 rings (SSSR count). The molecule has 1 atom stereocenters. The molecule has 7 N–H and O–H groups in total. The van der Waals surface area contributed by atoms with Gasteiger partial charge in [-0.25, -0.2) is 9.37 Å². The Kier molecular flexibility index (Phi) is 18.7. The van der Waals surface area contributed by atoms with E-state index in [9.17, 15) is 23.6 Å². The molecule has 19 heteroatoms. The summed E-state index contributed by atoms with van der Waals surface area (Å²) in [7, 11) is 3.62. The number of nitrogens with two attached hydrogens (primary N) is 1. The fourth-order valence-corrected chi connectivity index (χ4v) is 10.5. The summed E-state index contributed by atoms with van der Waals surface area (Å²) in [5.74, 6) is -0.508. The van der Waals surface area contributed by atoms with Crippen LogP contribution in [0.4, 0.5) is 21.5 Å². The number of benzene rings is 5. The zero-order valence-electron chi connectivity index (χ0n) is 43.8. The Morgan fingerprint density at radius 1 is 0.769 bits per heavy atom. The van der Waals surface area contributed by atoms with Gasteiger partial charge in [0.2, 0.25) is 17.7 Å². The molecule has 1 saturated heterocycles. The summed E-state index contributed by atoms with van der Waals surface area (Å²) in [5, 5.41) is 11.0. The number of carbonyl (C=O) groups excluding carboxylic acids is 3. The van der Waals surface area contributed by atoms with Crippen molar-refractivity contribution in [3.8, 4) is 33.0 Å². The zero-order chi connectivity index (χ0) is 54.4. The van der Waals surface area contributed by atoms with Gasteiger partial charge in [-0.1, -0.05) is 78.9 Å². The average molecular weight is 1080 g/mol. The van der Waals surface area contributed by atoms with Crippen molar-refractivity contribution in [3.05, 3.63) is 154 Å². The number of hydrogen-bond acceptors (Lipinski definition) is 13. The molecule has 3 amide bonds. The number of ether oxygens (including phenoxy) is 3. The monoisotopic (exact) mass is 1080 g/mol. The Bertz CT molecular complexity index is 3380. The van der Waals surface area contributed by atoms with Crippen LogP contribution in [-0.2, 0) is 35.1 Å². The highest BCUT2D eigenvalue weighted by Gasteiger charge is 2.25. The highest BCUT2D eigenvalue weighted by atomic mass is 32.1. The van der Waals surface area contributed by atoms with E-state index in [0.29, 0.717) is 50.6 Å². The number of aromatic nitrogens is 3. The molecule has 0 radical (unpaired) electrons. The van der Waals surface area contributed by atoms with Crippen molar-refractivity contribution >= 4 is 68.1 Å². The van der Waals surface area contributed by atoms with Gasteiger partial charge < -0.3 is 50.8 Å². The van der Waals surface area contributed by atoms with Crippen LogP contribution in [0.1, 0.15) is 30.0 Å². The molecule has 0 bridgehead atoms. The molecule has 1 aliphatic rings. The minimum Gasteiger partial charge on any atom is -0.397 e. The van der Waals surface area contributed by atoms with Crippen molar-refractivity contribution in [1.82, 2.24) is 35.4 Å². The quantitative estimate of drug-likeness (QED) is 0.0303. The number of nitrogens with zero attached hydrogens (tertiary/aromatic N) is 4. The van der Waals surface area contributed by atoms with Crippen molar-refractivity contribution in [2.75, 3.05) is 109 Å². The molecule has 8 aromatic rings. The lowest BCUT2D eigenvalue weighted by Crippen LogP contribution is -2.48. The average Bonchev–Trinajstić information content (AvgIpc) is 4.13. The van der Waals surface area contributed by atoms with E-state index in [4.69, 9.17) is 19.9 Å². The maximum atomic E-state index is 14.6. The summed E-state index contributed by atoms with van der Waals surface area (Å²) in [6.07, 6.45) is 0.450. The Balaban J connectivity index is 0.605. The van der Waals surface area contributed by atoms with Crippen LogP contribution in [0.2, 0.25) is 0 Å². The lowest BCUT2D eigenvalue weighted by atomic mass is 10.00. The first-order chi connectivity index (χ1) is 38.0. The van der Waals surface area contributed by atoms with Gasteiger partial charge in [0, 0.05) is 65.0 Å². The summed E-state index contributed by atoms with van der Waals surface area (Å²) in [4.78, 5) is 69.4. The topological polar surface area (TPSA) is 212 Å². The van der Waals surface area contributed by atoms with Crippen LogP contribution >= 0.6 is 11.3 Å². The molecule has 5 aromatic carbocycles. The maximum absolute atomic E-state index is 14.6. The van der Waals surface area contributed by atoms with Crippen molar-refractivity contribution < 1.29 is 33.0 Å². The second-order valence-electron chi connectivity index (χ2n) is 19.0. The zero-order valence-corrected chi connectivity index (χ0v) is 44.6. The molecule has 3 aromatic heterocycles. The molecule has 0 spiro atoms. The van der Waals surface area contributed by atoms with Crippen molar-refractivity contribution in [2.45, 2.75) is 25.4 Å². The van der Waals surface area contributed by atoms with Crippen LogP contribution in [0.15, 0.2) is 132 Å². The third-order valence-corrected chi connectivity index (χ3v) is 14.7. The van der Waals surface area contributed by atoms with Crippen LogP contribution < -0.4 is 32.1 Å². The number of anilines is 3. The van der Waals surface area contributed by atoms with Crippen LogP contribution in [0.3, 0.4) is 0 Å². The van der Waals surface area contributed by atoms with Gasteiger partial charge in [0.1, 0.15) is 23.2 Å². The van der Waals surface area contributed by atoms with E-state index >= 15 is 0 Å².